The number of rotatable bonds is 6. The molecule has 9 atom stereocenters. The Balaban J connectivity index is 1.80. The van der Waals surface area contributed by atoms with E-state index in [4.69, 9.17) is 0 Å². The van der Waals surface area contributed by atoms with Gasteiger partial charge in [0.15, 0.2) is 11.6 Å². The van der Waals surface area contributed by atoms with Gasteiger partial charge in [-0.15, -0.1) is 0 Å². The van der Waals surface area contributed by atoms with Crippen molar-refractivity contribution in [3.05, 3.63) is 11.1 Å². The third kappa shape index (κ3) is 3.58. The van der Waals surface area contributed by atoms with Crippen molar-refractivity contribution < 1.29 is 39.3 Å². The zero-order valence-electron chi connectivity index (χ0n) is 23.6. The van der Waals surface area contributed by atoms with E-state index < -0.39 is 63.4 Å². The van der Waals surface area contributed by atoms with Crippen LogP contribution in [0.25, 0.3) is 0 Å². The van der Waals surface area contributed by atoms with E-state index >= 15 is 0 Å². The van der Waals surface area contributed by atoms with Gasteiger partial charge in [-0.1, -0.05) is 41.5 Å². The molecule has 0 radical (unpaired) electrons. The lowest BCUT2D eigenvalue weighted by Crippen LogP contribution is -2.64. The molecule has 0 amide bonds. The van der Waals surface area contributed by atoms with Crippen LogP contribution in [0.3, 0.4) is 0 Å². The molecule has 0 aromatic carbocycles. The average molecular weight is 531 g/mol. The van der Waals surface area contributed by atoms with Crippen molar-refractivity contribution >= 4 is 29.1 Å². The van der Waals surface area contributed by atoms with E-state index in [-0.39, 0.29) is 60.1 Å². The van der Waals surface area contributed by atoms with E-state index in [1.54, 1.807) is 20.8 Å². The van der Waals surface area contributed by atoms with Gasteiger partial charge in [-0.25, -0.2) is 0 Å². The van der Waals surface area contributed by atoms with E-state index in [0.29, 0.717) is 12.8 Å². The first-order valence-corrected chi connectivity index (χ1v) is 13.8. The minimum Gasteiger partial charge on any atom is -0.481 e. The molecule has 38 heavy (non-hydrogen) atoms. The minimum atomic E-state index is -1.53. The largest absolute Gasteiger partial charge is 0.481 e. The molecular weight excluding hydrogens is 488 g/mol. The second-order valence-corrected chi connectivity index (χ2v) is 13.8. The molecule has 0 heterocycles. The highest BCUT2D eigenvalue weighted by Gasteiger charge is 2.73. The Bertz CT molecular complexity index is 1150. The molecule has 2 fully saturated rings. The van der Waals surface area contributed by atoms with Gasteiger partial charge in [0, 0.05) is 47.7 Å². The smallest absolute Gasteiger partial charge is 0.306 e. The van der Waals surface area contributed by atoms with Crippen LogP contribution in [0.1, 0.15) is 87.0 Å². The second kappa shape index (κ2) is 8.91. The lowest BCUT2D eigenvalue weighted by atomic mass is 9.42. The highest BCUT2D eigenvalue weighted by molar-refractivity contribution is 6.17. The highest BCUT2D eigenvalue weighted by Crippen LogP contribution is 2.70. The zero-order valence-corrected chi connectivity index (χ0v) is 23.6. The molecule has 1 unspecified atom stereocenters. The topological polar surface area (TPSA) is 146 Å². The Morgan fingerprint density at radius 3 is 2.13 bits per heavy atom. The number of carbonyl (C=O) groups is 5. The Morgan fingerprint density at radius 1 is 0.947 bits per heavy atom. The molecule has 0 aromatic rings. The van der Waals surface area contributed by atoms with Gasteiger partial charge in [0.05, 0.1) is 17.4 Å². The summed E-state index contributed by atoms with van der Waals surface area (Å²) in [6.45, 7) is 12.4. The van der Waals surface area contributed by atoms with Crippen molar-refractivity contribution in [1.29, 1.82) is 0 Å². The van der Waals surface area contributed by atoms with Crippen LogP contribution in [0.5, 0.6) is 0 Å². The lowest BCUT2D eigenvalue weighted by molar-refractivity contribution is -0.159. The Morgan fingerprint density at radius 2 is 1.55 bits per heavy atom. The summed E-state index contributed by atoms with van der Waals surface area (Å²) in [6.07, 6.45) is -1.20. The quantitative estimate of drug-likeness (QED) is 0.474. The van der Waals surface area contributed by atoms with E-state index in [2.05, 4.69) is 0 Å². The first kappa shape index (κ1) is 28.8. The SMILES string of the molecule is CC(CC(=O)C[C@@H](C)[C@H]1CC(=O)[C@@]2(C)C3=C(C(=O)[C@@H](O)[C@]12C)[C@@]1(C)CC[C@H](O)C(C)(C)[C@@H]1CC3=O)C(=O)O. The number of fused-ring (bicyclic) bond motifs is 4. The number of aliphatic hydroxyl groups excluding tert-OH is 2. The van der Waals surface area contributed by atoms with Gasteiger partial charge >= 0.3 is 5.97 Å². The molecule has 3 N–H and O–H groups in total. The third-order valence-electron chi connectivity index (χ3n) is 11.5. The van der Waals surface area contributed by atoms with Gasteiger partial charge < -0.3 is 15.3 Å². The number of aliphatic hydroxyl groups is 2. The summed E-state index contributed by atoms with van der Waals surface area (Å²) in [6, 6.07) is 0. The number of ketones is 4. The third-order valence-corrected chi connectivity index (χ3v) is 11.5. The minimum absolute atomic E-state index is 0.0217. The summed E-state index contributed by atoms with van der Waals surface area (Å²) in [5, 5.41) is 31.6. The molecule has 8 heteroatoms. The normalized spacial score (nSPS) is 41.8. The number of hydrogen-bond donors (Lipinski definition) is 3. The predicted octanol–water partition coefficient (Wildman–Crippen LogP) is 3.31. The summed E-state index contributed by atoms with van der Waals surface area (Å²) in [4.78, 5) is 65.8. The fourth-order valence-electron chi connectivity index (χ4n) is 8.86. The van der Waals surface area contributed by atoms with Crippen LogP contribution in [-0.2, 0) is 24.0 Å². The Kier molecular flexibility index (Phi) is 6.76. The summed E-state index contributed by atoms with van der Waals surface area (Å²) in [7, 11) is 0. The van der Waals surface area contributed by atoms with Crippen LogP contribution in [0.4, 0.5) is 0 Å². The van der Waals surface area contributed by atoms with Gasteiger partial charge in [-0.05, 0) is 42.9 Å². The number of carboxylic acids is 1. The van der Waals surface area contributed by atoms with Gasteiger partial charge in [0.1, 0.15) is 17.7 Å². The maximum absolute atomic E-state index is 14.1. The van der Waals surface area contributed by atoms with Crippen molar-refractivity contribution in [2.24, 2.45) is 45.3 Å². The van der Waals surface area contributed by atoms with Crippen molar-refractivity contribution in [3.63, 3.8) is 0 Å². The molecular formula is C30H42O8. The monoisotopic (exact) mass is 530 g/mol. The molecule has 210 valence electrons. The Hall–Kier alpha value is -2.19. The van der Waals surface area contributed by atoms with Crippen LogP contribution >= 0.6 is 0 Å². The van der Waals surface area contributed by atoms with Crippen LogP contribution in [0.2, 0.25) is 0 Å². The molecule has 0 saturated heterocycles. The first-order chi connectivity index (χ1) is 17.4. The maximum atomic E-state index is 14.1. The lowest BCUT2D eigenvalue weighted by Gasteiger charge is -2.60. The van der Waals surface area contributed by atoms with E-state index in [1.165, 1.54) is 6.92 Å². The molecule has 8 nitrogen and oxygen atoms in total. The van der Waals surface area contributed by atoms with Crippen LogP contribution in [-0.4, -0.2) is 56.6 Å². The number of carboxylic acid groups (broad SMARTS) is 1. The number of Topliss-reactive ketones (excluding diaryl/α,β-unsaturated/α-hetero) is 4. The van der Waals surface area contributed by atoms with Crippen LogP contribution < -0.4 is 0 Å². The number of hydrogen-bond acceptors (Lipinski definition) is 7. The van der Waals surface area contributed by atoms with E-state index in [9.17, 15) is 39.3 Å². The summed E-state index contributed by atoms with van der Waals surface area (Å²) in [5.74, 6) is -4.41. The molecule has 2 saturated carbocycles. The highest BCUT2D eigenvalue weighted by atomic mass is 16.4. The van der Waals surface area contributed by atoms with E-state index in [0.717, 1.165) is 0 Å². The zero-order chi connectivity index (χ0) is 28.7. The number of aliphatic carboxylic acids is 1. The fraction of sp³-hybridized carbons (Fsp3) is 0.767. The maximum Gasteiger partial charge on any atom is 0.306 e. The molecule has 0 aromatic heterocycles. The molecule has 0 bridgehead atoms. The summed E-state index contributed by atoms with van der Waals surface area (Å²) >= 11 is 0. The summed E-state index contributed by atoms with van der Waals surface area (Å²) < 4.78 is 0. The second-order valence-electron chi connectivity index (χ2n) is 13.8. The van der Waals surface area contributed by atoms with E-state index in [1.807, 2.05) is 20.8 Å². The van der Waals surface area contributed by atoms with Gasteiger partial charge in [-0.2, -0.15) is 0 Å². The van der Waals surface area contributed by atoms with Gasteiger partial charge in [0.25, 0.3) is 0 Å². The number of allylic oxidation sites excluding steroid dienone is 1. The van der Waals surface area contributed by atoms with Crippen molar-refractivity contribution in [2.75, 3.05) is 0 Å². The average Bonchev–Trinajstić information content (AvgIpc) is 3.03. The Labute approximate surface area is 224 Å². The van der Waals surface area contributed by atoms with Crippen LogP contribution in [0, 0.1) is 45.3 Å². The first-order valence-electron chi connectivity index (χ1n) is 13.8. The van der Waals surface area contributed by atoms with Crippen LogP contribution in [0.15, 0.2) is 11.1 Å². The van der Waals surface area contributed by atoms with Crippen molar-refractivity contribution in [1.82, 2.24) is 0 Å². The standard InChI is InChI=1S/C30H42O8/c1-14(10-16(31)11-15(2)26(37)38)17-12-21(34)30(7)22-18(32)13-19-27(3,4)20(33)8-9-28(19,5)23(22)24(35)25(36)29(17,30)6/h14-15,17,19-20,25,33,36H,8-13H2,1-7H3,(H,37,38)/t14-,15?,17-,19+,20+,25-,28+,29+,30+/m1/s1. The fourth-order valence-corrected chi connectivity index (χ4v) is 8.86. The molecule has 4 rings (SSSR count). The van der Waals surface area contributed by atoms with Gasteiger partial charge in [0.2, 0.25) is 0 Å². The van der Waals surface area contributed by atoms with Gasteiger partial charge in [-0.3, -0.25) is 24.0 Å². The van der Waals surface area contributed by atoms with Crippen molar-refractivity contribution in [2.45, 2.75) is 99.2 Å². The number of carbonyl (C=O) groups excluding carboxylic acids is 4. The van der Waals surface area contributed by atoms with Crippen molar-refractivity contribution in [3.8, 4) is 0 Å². The molecule has 4 aliphatic rings. The molecule has 4 aliphatic carbocycles. The predicted molar refractivity (Wildman–Crippen MR) is 138 cm³/mol. The molecule has 0 spiro atoms. The molecule has 0 aliphatic heterocycles. The summed E-state index contributed by atoms with van der Waals surface area (Å²) in [5.41, 5.74) is -3.58.